The second-order valence-corrected chi connectivity index (χ2v) is 23.7. The highest BCUT2D eigenvalue weighted by Crippen LogP contribution is 2.53. The number of rotatable bonds is 10. The van der Waals surface area contributed by atoms with Gasteiger partial charge in [-0.15, -0.1) is 0 Å². The second-order valence-electron chi connectivity index (χ2n) is 14.2. The molecule has 2 aliphatic carbocycles. The first-order valence-electron chi connectivity index (χ1n) is 13.8. The topological polar surface area (TPSA) is 38.7 Å². The molecule has 34 heavy (non-hydrogen) atoms. The molecular formula is C29H56O3Si2. The first-order chi connectivity index (χ1) is 15.4. The maximum absolute atomic E-state index is 10.8. The van der Waals surface area contributed by atoms with Crippen molar-refractivity contribution >= 4 is 16.6 Å². The average Bonchev–Trinajstić information content (AvgIpc) is 3.13. The van der Waals surface area contributed by atoms with E-state index in [2.05, 4.69) is 93.4 Å². The molecule has 0 unspecified atom stereocenters. The third kappa shape index (κ3) is 6.96. The zero-order valence-electron chi connectivity index (χ0n) is 24.3. The van der Waals surface area contributed by atoms with E-state index in [-0.39, 0.29) is 34.3 Å². The van der Waals surface area contributed by atoms with Gasteiger partial charge in [-0.3, -0.25) is 0 Å². The fourth-order valence-corrected chi connectivity index (χ4v) is 7.75. The van der Waals surface area contributed by atoms with Crippen molar-refractivity contribution in [3.63, 3.8) is 0 Å². The molecule has 0 bridgehead atoms. The van der Waals surface area contributed by atoms with Crippen LogP contribution in [0.2, 0.25) is 36.3 Å². The summed E-state index contributed by atoms with van der Waals surface area (Å²) in [5, 5.41) is 11.2. The molecule has 6 atom stereocenters. The van der Waals surface area contributed by atoms with Gasteiger partial charge in [-0.25, -0.2) is 0 Å². The summed E-state index contributed by atoms with van der Waals surface area (Å²) in [4.78, 5) is 0. The minimum atomic E-state index is -1.91. The van der Waals surface area contributed by atoms with Gasteiger partial charge in [-0.1, -0.05) is 86.5 Å². The van der Waals surface area contributed by atoms with Gasteiger partial charge in [-0.05, 0) is 72.9 Å². The highest BCUT2D eigenvalue weighted by molar-refractivity contribution is 6.74. The van der Waals surface area contributed by atoms with E-state index in [4.69, 9.17) is 8.85 Å². The molecule has 2 rings (SSSR count). The normalized spacial score (nSPS) is 29.8. The molecule has 0 aliphatic heterocycles. The predicted molar refractivity (Wildman–Crippen MR) is 152 cm³/mol. The zero-order valence-corrected chi connectivity index (χ0v) is 26.3. The van der Waals surface area contributed by atoms with Crippen LogP contribution in [0.1, 0.15) is 87.0 Å². The fraction of sp³-hybridized carbons (Fsp3) is 0.862. The lowest BCUT2D eigenvalue weighted by atomic mass is 9.90. The van der Waals surface area contributed by atoms with Crippen LogP contribution in [0.3, 0.4) is 0 Å². The van der Waals surface area contributed by atoms with E-state index >= 15 is 0 Å². The van der Waals surface area contributed by atoms with Gasteiger partial charge in [0.1, 0.15) is 0 Å². The number of hydrogen-bond acceptors (Lipinski definition) is 3. The van der Waals surface area contributed by atoms with Crippen LogP contribution in [0.25, 0.3) is 0 Å². The van der Waals surface area contributed by atoms with Crippen molar-refractivity contribution in [2.24, 2.45) is 17.8 Å². The predicted octanol–water partition coefficient (Wildman–Crippen LogP) is 8.48. The lowest BCUT2D eigenvalue weighted by molar-refractivity contribution is 0.128. The van der Waals surface area contributed by atoms with Crippen LogP contribution >= 0.6 is 0 Å². The van der Waals surface area contributed by atoms with Crippen LogP contribution in [0.4, 0.5) is 0 Å². The molecule has 0 aromatic carbocycles. The zero-order chi connectivity index (χ0) is 26.1. The van der Waals surface area contributed by atoms with Gasteiger partial charge in [0.2, 0.25) is 0 Å². The highest BCUT2D eigenvalue weighted by atomic mass is 28.4. The minimum absolute atomic E-state index is 0.162. The van der Waals surface area contributed by atoms with Gasteiger partial charge >= 0.3 is 0 Å². The van der Waals surface area contributed by atoms with E-state index in [1.807, 2.05) is 0 Å². The molecule has 0 spiro atoms. The summed E-state index contributed by atoms with van der Waals surface area (Å²) in [6.45, 7) is 29.8. The molecule has 3 nitrogen and oxygen atoms in total. The Morgan fingerprint density at radius 2 is 1.59 bits per heavy atom. The lowest BCUT2D eigenvalue weighted by Gasteiger charge is -2.40. The standard InChI is InChI=1S/C29H56O3Si2/c1-13-14-15-16-22(31-33(9,10)28(3,4)5)17-18-23-24-19-21(2)27(30)25(24)20-26(23)32-34(11,12)29(6,7)8/h17-18,22-27,30H,2,13-16,19-20H2,1,3-12H3/b18-17+/t22-,23+,24+,25-,26+,27+/m0/s1. The molecule has 0 radical (unpaired) electrons. The van der Waals surface area contributed by atoms with Crippen LogP contribution in [-0.2, 0) is 8.85 Å². The summed E-state index contributed by atoms with van der Waals surface area (Å²) >= 11 is 0. The average molecular weight is 509 g/mol. The number of aliphatic hydroxyl groups is 1. The Bertz CT molecular complexity index is 714. The van der Waals surface area contributed by atoms with Crippen molar-refractivity contribution < 1.29 is 14.0 Å². The summed E-state index contributed by atoms with van der Waals surface area (Å²) in [7, 11) is -3.77. The molecule has 0 amide bonds. The van der Waals surface area contributed by atoms with Crippen molar-refractivity contribution in [2.75, 3.05) is 0 Å². The Labute approximate surface area is 214 Å². The Hall–Kier alpha value is -0.206. The molecular weight excluding hydrogens is 452 g/mol. The van der Waals surface area contributed by atoms with Crippen molar-refractivity contribution in [1.29, 1.82) is 0 Å². The molecule has 2 saturated carbocycles. The van der Waals surface area contributed by atoms with E-state index in [0.717, 1.165) is 24.8 Å². The van der Waals surface area contributed by atoms with Gasteiger partial charge in [0.05, 0.1) is 18.3 Å². The fourth-order valence-electron chi connectivity index (χ4n) is 5.08. The number of fused-ring (bicyclic) bond motifs is 1. The van der Waals surface area contributed by atoms with Crippen molar-refractivity contribution in [3.8, 4) is 0 Å². The molecule has 198 valence electrons. The first-order valence-corrected chi connectivity index (χ1v) is 19.6. The summed E-state index contributed by atoms with van der Waals surface area (Å²) in [5.74, 6) is 1.03. The highest BCUT2D eigenvalue weighted by Gasteiger charge is 2.52. The Balaban J connectivity index is 2.30. The quantitative estimate of drug-likeness (QED) is 0.183. The van der Waals surface area contributed by atoms with Crippen molar-refractivity contribution in [2.45, 2.75) is 142 Å². The summed E-state index contributed by atoms with van der Waals surface area (Å²) in [5.41, 5.74) is 1.01. The Kier molecular flexibility index (Phi) is 9.75. The molecule has 2 aliphatic rings. The minimum Gasteiger partial charge on any atom is -0.413 e. The smallest absolute Gasteiger partial charge is 0.192 e. The van der Waals surface area contributed by atoms with Crippen LogP contribution < -0.4 is 0 Å². The number of aliphatic hydroxyl groups excluding tert-OH is 1. The molecule has 2 fully saturated rings. The number of hydrogen-bond donors (Lipinski definition) is 1. The van der Waals surface area contributed by atoms with Crippen molar-refractivity contribution in [3.05, 3.63) is 24.3 Å². The van der Waals surface area contributed by atoms with Crippen molar-refractivity contribution in [1.82, 2.24) is 0 Å². The largest absolute Gasteiger partial charge is 0.413 e. The molecule has 5 heteroatoms. The lowest BCUT2D eigenvalue weighted by Crippen LogP contribution is -2.45. The third-order valence-electron chi connectivity index (χ3n) is 9.44. The van der Waals surface area contributed by atoms with E-state index in [9.17, 15) is 5.11 Å². The van der Waals surface area contributed by atoms with Gasteiger partial charge < -0.3 is 14.0 Å². The van der Waals surface area contributed by atoms with E-state index in [1.165, 1.54) is 19.3 Å². The summed E-state index contributed by atoms with van der Waals surface area (Å²) in [6, 6.07) is 0. The molecule has 1 N–H and O–H groups in total. The van der Waals surface area contributed by atoms with E-state index < -0.39 is 16.6 Å². The second kappa shape index (κ2) is 11.0. The SMILES string of the molecule is C=C1C[C@@H]2[C@@H](/C=C/[C@H](CCCCC)O[Si](C)(C)C(C)(C)C)[C@H](O[Si](C)(C)C(C)(C)C)C[C@@H]2[C@@H]1O. The Morgan fingerprint density at radius 1 is 1.00 bits per heavy atom. The molecule has 0 aromatic heterocycles. The Morgan fingerprint density at radius 3 is 2.12 bits per heavy atom. The number of unbranched alkanes of at least 4 members (excludes halogenated alkanes) is 2. The first kappa shape index (κ1) is 30.0. The summed E-state index contributed by atoms with van der Waals surface area (Å²) in [6.07, 6.45) is 11.4. The van der Waals surface area contributed by atoms with E-state index in [0.29, 0.717) is 11.8 Å². The monoisotopic (exact) mass is 508 g/mol. The maximum atomic E-state index is 10.8. The van der Waals surface area contributed by atoms with Gasteiger partial charge in [0.15, 0.2) is 16.6 Å². The van der Waals surface area contributed by atoms with Gasteiger partial charge in [0, 0.05) is 5.92 Å². The van der Waals surface area contributed by atoms with Crippen LogP contribution in [-0.4, -0.2) is 40.1 Å². The molecule has 0 heterocycles. The van der Waals surface area contributed by atoms with Crippen LogP contribution in [0, 0.1) is 17.8 Å². The van der Waals surface area contributed by atoms with Gasteiger partial charge in [-0.2, -0.15) is 0 Å². The van der Waals surface area contributed by atoms with Crippen LogP contribution in [0.15, 0.2) is 24.3 Å². The van der Waals surface area contributed by atoms with Crippen LogP contribution in [0.5, 0.6) is 0 Å². The summed E-state index contributed by atoms with van der Waals surface area (Å²) < 4.78 is 13.9. The molecule has 0 saturated heterocycles. The van der Waals surface area contributed by atoms with E-state index in [1.54, 1.807) is 0 Å². The maximum Gasteiger partial charge on any atom is 0.192 e. The molecule has 0 aromatic rings. The van der Waals surface area contributed by atoms with Gasteiger partial charge in [0.25, 0.3) is 0 Å². The third-order valence-corrected chi connectivity index (χ3v) is 18.5.